The first-order valence-electron chi connectivity index (χ1n) is 8.88. The van der Waals surface area contributed by atoms with Crippen molar-refractivity contribution >= 4 is 6.03 Å². The van der Waals surface area contributed by atoms with Crippen molar-refractivity contribution < 1.29 is 14.6 Å². The lowest BCUT2D eigenvalue weighted by Gasteiger charge is -2.61. The third-order valence-corrected chi connectivity index (χ3v) is 6.21. The van der Waals surface area contributed by atoms with Crippen molar-refractivity contribution in [2.45, 2.75) is 70.1 Å². The molecule has 3 aliphatic rings. The van der Waals surface area contributed by atoms with Crippen molar-refractivity contribution in [1.29, 1.82) is 0 Å². The summed E-state index contributed by atoms with van der Waals surface area (Å²) in [6.07, 6.45) is 7.61. The van der Waals surface area contributed by atoms with Gasteiger partial charge in [-0.15, -0.1) is 0 Å². The molecule has 3 fully saturated rings. The maximum absolute atomic E-state index is 12.4. The number of nitrogens with zero attached hydrogens (tertiary/aromatic N) is 1. The minimum Gasteiger partial charge on any atom is -0.393 e. The van der Waals surface area contributed by atoms with Crippen molar-refractivity contribution in [1.82, 2.24) is 10.2 Å². The van der Waals surface area contributed by atoms with Gasteiger partial charge in [0.15, 0.2) is 0 Å². The SMILES string of the molecule is CCOC1CC(NC(=O)N(C)CC2CCCC2O)C12CCC2. The normalized spacial score (nSPS) is 35.8. The number of aliphatic hydroxyl groups is 1. The van der Waals surface area contributed by atoms with E-state index in [1.165, 1.54) is 19.3 Å². The van der Waals surface area contributed by atoms with Crippen LogP contribution in [0.1, 0.15) is 51.9 Å². The topological polar surface area (TPSA) is 61.8 Å². The number of nitrogens with one attached hydrogen (secondary N) is 1. The zero-order valence-corrected chi connectivity index (χ0v) is 13.9. The second kappa shape index (κ2) is 6.36. The lowest BCUT2D eigenvalue weighted by atomic mass is 9.51. The summed E-state index contributed by atoms with van der Waals surface area (Å²) < 4.78 is 5.83. The number of urea groups is 1. The molecule has 5 nitrogen and oxygen atoms in total. The van der Waals surface area contributed by atoms with Crippen LogP contribution < -0.4 is 5.32 Å². The van der Waals surface area contributed by atoms with Crippen molar-refractivity contribution in [3.05, 3.63) is 0 Å². The van der Waals surface area contributed by atoms with Crippen LogP contribution in [0.15, 0.2) is 0 Å². The predicted octanol–water partition coefficient (Wildman–Crippen LogP) is 2.14. The Morgan fingerprint density at radius 2 is 2.14 bits per heavy atom. The molecule has 2 N–H and O–H groups in total. The summed E-state index contributed by atoms with van der Waals surface area (Å²) in [5.41, 5.74) is 0.208. The van der Waals surface area contributed by atoms with Crippen LogP contribution in [-0.2, 0) is 4.74 Å². The summed E-state index contributed by atoms with van der Waals surface area (Å²) in [6.45, 7) is 3.45. The number of rotatable bonds is 5. The van der Waals surface area contributed by atoms with Crippen molar-refractivity contribution in [3.63, 3.8) is 0 Å². The molecule has 126 valence electrons. The van der Waals surface area contributed by atoms with Crippen LogP contribution in [0.3, 0.4) is 0 Å². The number of hydrogen-bond donors (Lipinski definition) is 2. The monoisotopic (exact) mass is 310 g/mol. The molecule has 2 amide bonds. The van der Waals surface area contributed by atoms with E-state index in [1.807, 2.05) is 14.0 Å². The molecule has 0 aliphatic heterocycles. The largest absolute Gasteiger partial charge is 0.393 e. The van der Waals surface area contributed by atoms with Gasteiger partial charge in [-0.05, 0) is 39.0 Å². The fourth-order valence-corrected chi connectivity index (χ4v) is 4.56. The average Bonchev–Trinajstić information content (AvgIpc) is 2.80. The molecular weight excluding hydrogens is 280 g/mol. The first kappa shape index (κ1) is 16.1. The molecule has 3 aliphatic carbocycles. The summed E-state index contributed by atoms with van der Waals surface area (Å²) in [7, 11) is 1.84. The number of ether oxygens (including phenoxy) is 1. The summed E-state index contributed by atoms with van der Waals surface area (Å²) in [4.78, 5) is 14.2. The third kappa shape index (κ3) is 2.73. The zero-order chi connectivity index (χ0) is 15.7. The standard InChI is InChI=1S/C17H30N2O3/c1-3-22-15-10-14(17(15)8-5-9-17)18-16(21)19(2)11-12-6-4-7-13(12)20/h12-15,20H,3-11H2,1-2H3,(H,18,21). The fourth-order valence-electron chi connectivity index (χ4n) is 4.56. The van der Waals surface area contributed by atoms with E-state index in [0.29, 0.717) is 12.6 Å². The third-order valence-electron chi connectivity index (χ3n) is 6.21. The van der Waals surface area contributed by atoms with E-state index in [2.05, 4.69) is 5.32 Å². The highest BCUT2D eigenvalue weighted by molar-refractivity contribution is 5.74. The number of aliphatic hydroxyl groups excluding tert-OH is 1. The lowest BCUT2D eigenvalue weighted by Crippen LogP contribution is -2.68. The van der Waals surface area contributed by atoms with Crippen molar-refractivity contribution in [3.8, 4) is 0 Å². The van der Waals surface area contributed by atoms with Gasteiger partial charge in [0.05, 0.1) is 12.2 Å². The van der Waals surface area contributed by atoms with Crippen LogP contribution in [0.25, 0.3) is 0 Å². The molecule has 0 saturated heterocycles. The van der Waals surface area contributed by atoms with Gasteiger partial charge in [0, 0.05) is 37.6 Å². The average molecular weight is 310 g/mol. The molecule has 3 rings (SSSR count). The Morgan fingerprint density at radius 1 is 1.36 bits per heavy atom. The second-order valence-electron chi connectivity index (χ2n) is 7.41. The molecule has 0 aromatic rings. The predicted molar refractivity (Wildman–Crippen MR) is 84.6 cm³/mol. The smallest absolute Gasteiger partial charge is 0.317 e. The van der Waals surface area contributed by atoms with Crippen molar-refractivity contribution in [2.24, 2.45) is 11.3 Å². The molecule has 4 atom stereocenters. The minimum atomic E-state index is -0.237. The first-order valence-corrected chi connectivity index (χ1v) is 8.88. The molecule has 0 aromatic heterocycles. The van der Waals surface area contributed by atoms with Gasteiger partial charge in [-0.25, -0.2) is 4.79 Å². The Labute approximate surface area is 133 Å². The summed E-state index contributed by atoms with van der Waals surface area (Å²) in [5.74, 6) is 0.242. The first-order chi connectivity index (χ1) is 10.6. The van der Waals surface area contributed by atoms with Gasteiger partial charge in [0.2, 0.25) is 0 Å². The van der Waals surface area contributed by atoms with Gasteiger partial charge in [0.1, 0.15) is 0 Å². The second-order valence-corrected chi connectivity index (χ2v) is 7.41. The van der Waals surface area contributed by atoms with Crippen LogP contribution in [-0.4, -0.2) is 54.5 Å². The number of carbonyl (C=O) groups excluding carboxylic acids is 1. The van der Waals surface area contributed by atoms with Crippen LogP contribution in [0.2, 0.25) is 0 Å². The fraction of sp³-hybridized carbons (Fsp3) is 0.941. The van der Waals surface area contributed by atoms with Gasteiger partial charge in [0.25, 0.3) is 0 Å². The molecule has 5 heteroatoms. The molecular formula is C17H30N2O3. The number of hydrogen-bond acceptors (Lipinski definition) is 3. The minimum absolute atomic E-state index is 0.00493. The van der Waals surface area contributed by atoms with Crippen LogP contribution in [0.4, 0.5) is 4.79 Å². The van der Waals surface area contributed by atoms with Crippen LogP contribution in [0, 0.1) is 11.3 Å². The Morgan fingerprint density at radius 3 is 2.68 bits per heavy atom. The van der Waals surface area contributed by atoms with Gasteiger partial charge in [-0.3, -0.25) is 0 Å². The summed E-state index contributed by atoms with van der Waals surface area (Å²) in [6, 6.07) is 0.270. The maximum atomic E-state index is 12.4. The Hall–Kier alpha value is -0.810. The Kier molecular flexibility index (Phi) is 4.64. The van der Waals surface area contributed by atoms with Gasteiger partial charge in [-0.1, -0.05) is 12.8 Å². The van der Waals surface area contributed by atoms with Crippen LogP contribution in [0.5, 0.6) is 0 Å². The molecule has 1 spiro atoms. The number of amides is 2. The summed E-state index contributed by atoms with van der Waals surface area (Å²) in [5, 5.41) is 13.1. The van der Waals surface area contributed by atoms with E-state index in [4.69, 9.17) is 4.74 Å². The molecule has 0 heterocycles. The molecule has 4 unspecified atom stereocenters. The van der Waals surface area contributed by atoms with E-state index < -0.39 is 0 Å². The highest BCUT2D eigenvalue weighted by atomic mass is 16.5. The molecule has 22 heavy (non-hydrogen) atoms. The molecule has 0 radical (unpaired) electrons. The lowest BCUT2D eigenvalue weighted by molar-refractivity contribution is -0.169. The Bertz CT molecular complexity index is 411. The molecule has 0 aromatic carbocycles. The highest BCUT2D eigenvalue weighted by Crippen LogP contribution is 2.57. The Balaban J connectivity index is 1.49. The van der Waals surface area contributed by atoms with E-state index in [9.17, 15) is 9.90 Å². The van der Waals surface area contributed by atoms with Crippen molar-refractivity contribution in [2.75, 3.05) is 20.2 Å². The quantitative estimate of drug-likeness (QED) is 0.818. The highest BCUT2D eigenvalue weighted by Gasteiger charge is 2.59. The van der Waals surface area contributed by atoms with Gasteiger partial charge >= 0.3 is 6.03 Å². The van der Waals surface area contributed by atoms with Gasteiger partial charge in [-0.2, -0.15) is 0 Å². The maximum Gasteiger partial charge on any atom is 0.317 e. The van der Waals surface area contributed by atoms with Gasteiger partial charge < -0.3 is 20.1 Å². The summed E-state index contributed by atoms with van der Waals surface area (Å²) >= 11 is 0. The zero-order valence-electron chi connectivity index (χ0n) is 13.9. The van der Waals surface area contributed by atoms with E-state index in [1.54, 1.807) is 4.90 Å². The van der Waals surface area contributed by atoms with E-state index in [-0.39, 0.29) is 29.5 Å². The molecule has 0 bridgehead atoms. The molecule has 3 saturated carbocycles. The number of carbonyl (C=O) groups is 1. The van der Waals surface area contributed by atoms with E-state index in [0.717, 1.165) is 32.3 Å². The van der Waals surface area contributed by atoms with E-state index >= 15 is 0 Å². The van der Waals surface area contributed by atoms with Crippen LogP contribution >= 0.6 is 0 Å².